The number of aliphatic hydroxyl groups is 1. The van der Waals surface area contributed by atoms with Gasteiger partial charge in [0, 0.05) is 11.7 Å². The zero-order chi connectivity index (χ0) is 12.3. The second-order valence-corrected chi connectivity index (χ2v) is 5.35. The maximum atomic E-state index is 9.45. The van der Waals surface area contributed by atoms with E-state index in [9.17, 15) is 5.11 Å². The van der Waals surface area contributed by atoms with Gasteiger partial charge in [0.05, 0.1) is 17.7 Å². The Bertz CT molecular complexity index is 376. The van der Waals surface area contributed by atoms with Crippen LogP contribution in [0.2, 0.25) is 0 Å². The molecule has 0 aliphatic heterocycles. The molecule has 0 atom stereocenters. The molecule has 2 rings (SSSR count). The molecule has 1 aliphatic carbocycles. The van der Waals surface area contributed by atoms with Crippen LogP contribution in [0.4, 0.5) is 5.69 Å². The van der Waals surface area contributed by atoms with E-state index < -0.39 is 0 Å². The van der Waals surface area contributed by atoms with Crippen LogP contribution in [0.15, 0.2) is 22.7 Å². The fourth-order valence-electron chi connectivity index (χ4n) is 2.21. The normalized spacial score (nSPS) is 24.4. The molecule has 0 radical (unpaired) electrons. The van der Waals surface area contributed by atoms with Gasteiger partial charge in [0.15, 0.2) is 0 Å². The third-order valence-corrected chi connectivity index (χ3v) is 3.84. The molecule has 0 amide bonds. The van der Waals surface area contributed by atoms with Crippen molar-refractivity contribution < 1.29 is 9.84 Å². The van der Waals surface area contributed by atoms with Crippen LogP contribution in [0.5, 0.6) is 5.75 Å². The zero-order valence-corrected chi connectivity index (χ0v) is 11.5. The van der Waals surface area contributed by atoms with Gasteiger partial charge in [0.25, 0.3) is 0 Å². The molecule has 0 heterocycles. The Morgan fingerprint density at radius 3 is 2.59 bits per heavy atom. The highest BCUT2D eigenvalue weighted by molar-refractivity contribution is 9.10. The molecular weight excluding hydrogens is 282 g/mol. The molecule has 0 aromatic heterocycles. The van der Waals surface area contributed by atoms with Crippen LogP contribution in [0.25, 0.3) is 0 Å². The summed E-state index contributed by atoms with van der Waals surface area (Å²) in [6.45, 7) is 0. The SMILES string of the molecule is COc1ccc(NC2CCC(O)CC2)cc1Br. The summed E-state index contributed by atoms with van der Waals surface area (Å²) in [4.78, 5) is 0. The van der Waals surface area contributed by atoms with E-state index in [-0.39, 0.29) is 6.10 Å². The van der Waals surface area contributed by atoms with Crippen molar-refractivity contribution in [3.8, 4) is 5.75 Å². The van der Waals surface area contributed by atoms with Crippen molar-refractivity contribution in [2.24, 2.45) is 0 Å². The van der Waals surface area contributed by atoms with E-state index in [0.717, 1.165) is 41.6 Å². The molecule has 2 N–H and O–H groups in total. The molecule has 1 saturated carbocycles. The molecule has 3 nitrogen and oxygen atoms in total. The summed E-state index contributed by atoms with van der Waals surface area (Å²) in [5.41, 5.74) is 1.10. The maximum absolute atomic E-state index is 9.45. The van der Waals surface area contributed by atoms with E-state index in [4.69, 9.17) is 4.74 Å². The highest BCUT2D eigenvalue weighted by Crippen LogP contribution is 2.29. The minimum absolute atomic E-state index is 0.101. The lowest BCUT2D eigenvalue weighted by atomic mass is 9.93. The maximum Gasteiger partial charge on any atom is 0.133 e. The fourth-order valence-corrected chi connectivity index (χ4v) is 2.75. The predicted molar refractivity (Wildman–Crippen MR) is 72.6 cm³/mol. The van der Waals surface area contributed by atoms with Crippen LogP contribution < -0.4 is 10.1 Å². The number of methoxy groups -OCH3 is 1. The van der Waals surface area contributed by atoms with Crippen LogP contribution in [0.1, 0.15) is 25.7 Å². The van der Waals surface area contributed by atoms with E-state index in [0.29, 0.717) is 6.04 Å². The standard InChI is InChI=1S/C13H18BrNO2/c1-17-13-7-4-10(8-12(13)14)15-9-2-5-11(16)6-3-9/h4,7-9,11,15-16H,2-3,5-6H2,1H3. The lowest BCUT2D eigenvalue weighted by molar-refractivity contribution is 0.126. The Kier molecular flexibility index (Phi) is 4.29. The highest BCUT2D eigenvalue weighted by atomic mass is 79.9. The number of hydrogen-bond donors (Lipinski definition) is 2. The minimum Gasteiger partial charge on any atom is -0.496 e. The summed E-state index contributed by atoms with van der Waals surface area (Å²) < 4.78 is 6.16. The summed E-state index contributed by atoms with van der Waals surface area (Å²) in [6.07, 6.45) is 3.76. The fraction of sp³-hybridized carbons (Fsp3) is 0.538. The van der Waals surface area contributed by atoms with E-state index in [1.807, 2.05) is 18.2 Å². The summed E-state index contributed by atoms with van der Waals surface area (Å²) in [5, 5.41) is 13.0. The van der Waals surface area contributed by atoms with Crippen molar-refractivity contribution in [1.82, 2.24) is 0 Å². The Labute approximate surface area is 110 Å². The number of hydrogen-bond acceptors (Lipinski definition) is 3. The molecule has 1 aliphatic rings. The van der Waals surface area contributed by atoms with Gasteiger partial charge in [-0.1, -0.05) is 0 Å². The zero-order valence-electron chi connectivity index (χ0n) is 9.95. The lowest BCUT2D eigenvalue weighted by Gasteiger charge is -2.27. The number of rotatable bonds is 3. The number of anilines is 1. The van der Waals surface area contributed by atoms with Gasteiger partial charge in [-0.25, -0.2) is 0 Å². The van der Waals surface area contributed by atoms with Crippen molar-refractivity contribution in [2.45, 2.75) is 37.8 Å². The second-order valence-electron chi connectivity index (χ2n) is 4.50. The van der Waals surface area contributed by atoms with Crippen molar-refractivity contribution in [3.05, 3.63) is 22.7 Å². The predicted octanol–water partition coefficient (Wildman–Crippen LogP) is 3.17. The lowest BCUT2D eigenvalue weighted by Crippen LogP contribution is -2.28. The first kappa shape index (κ1) is 12.7. The number of benzene rings is 1. The molecule has 1 aromatic rings. The highest BCUT2D eigenvalue weighted by Gasteiger charge is 2.19. The summed E-state index contributed by atoms with van der Waals surface area (Å²) in [7, 11) is 1.66. The third-order valence-electron chi connectivity index (χ3n) is 3.22. The second kappa shape index (κ2) is 5.74. The van der Waals surface area contributed by atoms with E-state index >= 15 is 0 Å². The van der Waals surface area contributed by atoms with Gasteiger partial charge in [-0.3, -0.25) is 0 Å². The van der Waals surface area contributed by atoms with Gasteiger partial charge in [0.2, 0.25) is 0 Å². The summed E-state index contributed by atoms with van der Waals surface area (Å²) in [5.74, 6) is 0.842. The van der Waals surface area contributed by atoms with Crippen LogP contribution in [-0.2, 0) is 0 Å². The molecule has 1 aromatic carbocycles. The van der Waals surface area contributed by atoms with Gasteiger partial charge in [0.1, 0.15) is 5.75 Å². The third kappa shape index (κ3) is 3.36. The Morgan fingerprint density at radius 1 is 1.29 bits per heavy atom. The van der Waals surface area contributed by atoms with Gasteiger partial charge in [-0.05, 0) is 59.8 Å². The Balaban J connectivity index is 1.97. The van der Waals surface area contributed by atoms with Crippen molar-refractivity contribution in [3.63, 3.8) is 0 Å². The largest absolute Gasteiger partial charge is 0.496 e. The first-order valence-corrected chi connectivity index (χ1v) is 6.76. The molecular formula is C13H18BrNO2. The average Bonchev–Trinajstić information content (AvgIpc) is 2.32. The minimum atomic E-state index is -0.101. The van der Waals surface area contributed by atoms with Gasteiger partial charge in [-0.15, -0.1) is 0 Å². The molecule has 17 heavy (non-hydrogen) atoms. The van der Waals surface area contributed by atoms with Crippen LogP contribution in [0.3, 0.4) is 0 Å². The molecule has 4 heteroatoms. The van der Waals surface area contributed by atoms with Crippen LogP contribution >= 0.6 is 15.9 Å². The topological polar surface area (TPSA) is 41.5 Å². The quantitative estimate of drug-likeness (QED) is 0.901. The smallest absolute Gasteiger partial charge is 0.133 e. The number of ether oxygens (including phenoxy) is 1. The summed E-state index contributed by atoms with van der Waals surface area (Å²) in [6, 6.07) is 6.47. The van der Waals surface area contributed by atoms with Gasteiger partial charge >= 0.3 is 0 Å². The van der Waals surface area contributed by atoms with Crippen molar-refractivity contribution in [2.75, 3.05) is 12.4 Å². The first-order chi connectivity index (χ1) is 8.19. The van der Waals surface area contributed by atoms with Crippen LogP contribution in [-0.4, -0.2) is 24.4 Å². The number of aliphatic hydroxyl groups excluding tert-OH is 1. The molecule has 0 spiro atoms. The molecule has 0 saturated heterocycles. The Hall–Kier alpha value is -0.740. The summed E-state index contributed by atoms with van der Waals surface area (Å²) >= 11 is 3.48. The van der Waals surface area contributed by atoms with Gasteiger partial charge in [-0.2, -0.15) is 0 Å². The van der Waals surface area contributed by atoms with Gasteiger partial charge < -0.3 is 15.2 Å². The van der Waals surface area contributed by atoms with Crippen molar-refractivity contribution in [1.29, 1.82) is 0 Å². The number of halogens is 1. The molecule has 0 bridgehead atoms. The van der Waals surface area contributed by atoms with E-state index in [1.165, 1.54) is 0 Å². The molecule has 94 valence electrons. The van der Waals surface area contributed by atoms with Crippen LogP contribution in [0, 0.1) is 0 Å². The molecule has 0 unspecified atom stereocenters. The Morgan fingerprint density at radius 2 is 2.00 bits per heavy atom. The average molecular weight is 300 g/mol. The number of nitrogens with one attached hydrogen (secondary N) is 1. The molecule has 1 fully saturated rings. The monoisotopic (exact) mass is 299 g/mol. The van der Waals surface area contributed by atoms with E-state index in [2.05, 4.69) is 21.2 Å². The first-order valence-electron chi connectivity index (χ1n) is 5.97. The van der Waals surface area contributed by atoms with E-state index in [1.54, 1.807) is 7.11 Å². The van der Waals surface area contributed by atoms with Crippen molar-refractivity contribution >= 4 is 21.6 Å².